The third-order valence-corrected chi connectivity index (χ3v) is 11.0. The number of carbonyl (C=O) groups is 2. The molecule has 0 bridgehead atoms. The number of para-hydroxylation sites is 2. The second kappa shape index (κ2) is 19.7. The summed E-state index contributed by atoms with van der Waals surface area (Å²) in [7, 11) is 2.72. The molecule has 2 aromatic rings. The van der Waals surface area contributed by atoms with Crippen molar-refractivity contribution in [3.05, 3.63) is 86.8 Å². The Kier molecular flexibility index (Phi) is 15.6. The molecule has 0 spiro atoms. The number of rotatable bonds is 21. The molecule has 0 fully saturated rings. The predicted octanol–water partition coefficient (Wildman–Crippen LogP) is 9.02. The third kappa shape index (κ3) is 10.6. The Labute approximate surface area is 323 Å². The fraction of sp³-hybridized carbons (Fsp3) is 0.591. The highest BCUT2D eigenvalue weighted by Gasteiger charge is 2.51. The van der Waals surface area contributed by atoms with Crippen molar-refractivity contribution >= 4 is 24.6 Å². The number of nitrogens with one attached hydrogen (secondary N) is 1. The van der Waals surface area contributed by atoms with Gasteiger partial charge in [-0.05, 0) is 70.2 Å². The van der Waals surface area contributed by atoms with Crippen molar-refractivity contribution in [3.63, 3.8) is 0 Å². The van der Waals surface area contributed by atoms with E-state index in [1.54, 1.807) is 0 Å². The minimum absolute atomic E-state index is 0.149. The molecule has 2 aliphatic heterocycles. The quantitative estimate of drug-likeness (QED) is 0.0752. The van der Waals surface area contributed by atoms with E-state index in [-0.39, 0.29) is 18.1 Å². The van der Waals surface area contributed by atoms with Gasteiger partial charge < -0.3 is 19.5 Å². The molecule has 2 aromatic carbocycles. The topological polar surface area (TPSA) is 98.6 Å². The Bertz CT molecular complexity index is 1730. The van der Waals surface area contributed by atoms with E-state index in [9.17, 15) is 9.59 Å². The van der Waals surface area contributed by atoms with Crippen LogP contribution in [0.2, 0.25) is 0 Å². The molecular formula is C44H63N3O5S. The van der Waals surface area contributed by atoms with E-state index in [1.165, 1.54) is 78.4 Å². The zero-order valence-electron chi connectivity index (χ0n) is 33.5. The monoisotopic (exact) mass is 745 g/mol. The summed E-state index contributed by atoms with van der Waals surface area (Å²) in [5.41, 5.74) is 2.15. The van der Waals surface area contributed by atoms with Gasteiger partial charge >= 0.3 is 11.9 Å². The lowest BCUT2D eigenvalue weighted by atomic mass is 9.65. The Hall–Kier alpha value is -3.59. The van der Waals surface area contributed by atoms with Crippen LogP contribution in [0, 0.1) is 5.92 Å². The molecule has 2 aliphatic rings. The molecule has 2 unspecified atom stereocenters. The van der Waals surface area contributed by atoms with Gasteiger partial charge in [-0.25, -0.2) is 19.6 Å². The second-order valence-electron chi connectivity index (χ2n) is 15.3. The SMILES string of the molecule is CCCCCCCCCCC(C)CCCCc1cccc(OC(C)C)c1C1(C)C(C(=O)OC)=C(C)NC(CC2(S)N=c3ccccc3=N2)=C1C(=O)OC. The van der Waals surface area contributed by atoms with Gasteiger partial charge in [0.25, 0.3) is 0 Å². The maximum absolute atomic E-state index is 14.2. The lowest BCUT2D eigenvalue weighted by molar-refractivity contribution is -0.138. The number of nitrogens with zero attached hydrogens (tertiary/aromatic N) is 2. The van der Waals surface area contributed by atoms with Crippen molar-refractivity contribution in [3.8, 4) is 5.75 Å². The van der Waals surface area contributed by atoms with Crippen LogP contribution < -0.4 is 20.8 Å². The van der Waals surface area contributed by atoms with E-state index in [1.807, 2.05) is 64.1 Å². The van der Waals surface area contributed by atoms with Crippen LogP contribution in [0.25, 0.3) is 0 Å². The van der Waals surface area contributed by atoms with Crippen molar-refractivity contribution in [1.29, 1.82) is 0 Å². The van der Waals surface area contributed by atoms with E-state index in [0.29, 0.717) is 28.6 Å². The lowest BCUT2D eigenvalue weighted by Gasteiger charge is -2.42. The summed E-state index contributed by atoms with van der Waals surface area (Å²) in [5, 5.41) is 4.84. The Balaban J connectivity index is 1.68. The van der Waals surface area contributed by atoms with Crippen molar-refractivity contribution in [2.45, 2.75) is 148 Å². The number of hydrogen-bond acceptors (Lipinski definition) is 9. The van der Waals surface area contributed by atoms with E-state index in [0.717, 1.165) is 41.1 Å². The first-order valence-corrected chi connectivity index (χ1v) is 20.3. The molecule has 2 atom stereocenters. The van der Waals surface area contributed by atoms with Crippen LogP contribution in [0.3, 0.4) is 0 Å². The van der Waals surface area contributed by atoms with Gasteiger partial charge in [-0.3, -0.25) is 0 Å². The molecule has 0 amide bonds. The zero-order valence-corrected chi connectivity index (χ0v) is 34.4. The lowest BCUT2D eigenvalue weighted by Crippen LogP contribution is -2.45. The number of carbonyl (C=O) groups excluding carboxylic acids is 2. The summed E-state index contributed by atoms with van der Waals surface area (Å²) < 4.78 is 17.4. The molecule has 290 valence electrons. The molecule has 1 N–H and O–H groups in total. The first-order chi connectivity index (χ1) is 25.4. The molecule has 0 aromatic heterocycles. The van der Waals surface area contributed by atoms with Gasteiger partial charge in [0.2, 0.25) is 4.99 Å². The first-order valence-electron chi connectivity index (χ1n) is 19.8. The van der Waals surface area contributed by atoms with Crippen LogP contribution in [0.15, 0.2) is 75.0 Å². The second-order valence-corrected chi connectivity index (χ2v) is 16.0. The largest absolute Gasteiger partial charge is 0.491 e. The van der Waals surface area contributed by atoms with Crippen LogP contribution in [0.1, 0.15) is 136 Å². The molecule has 8 nitrogen and oxygen atoms in total. The number of thiol groups is 1. The standard InChI is InChI=1S/C44H63N3O5S/c1-9-10-11-12-13-14-15-16-22-31(4)23-17-18-24-33-25-21-28-37(52-30(2)3)39(33)43(6)38(41(48)50-7)32(5)45-36(40(43)42(49)51-8)29-44(53)46-34-26-19-20-27-35(34)47-44/h19-21,25-28,30-31,45,53H,9-18,22-24,29H2,1-8H3. The van der Waals surface area contributed by atoms with Crippen LogP contribution in [-0.2, 0) is 30.9 Å². The van der Waals surface area contributed by atoms with E-state index in [2.05, 4.69) is 25.2 Å². The molecule has 2 heterocycles. The van der Waals surface area contributed by atoms with Crippen LogP contribution >= 0.6 is 12.6 Å². The van der Waals surface area contributed by atoms with Gasteiger partial charge in [-0.1, -0.05) is 109 Å². The zero-order chi connectivity index (χ0) is 38.6. The Morgan fingerprint density at radius 2 is 1.36 bits per heavy atom. The molecule has 0 saturated carbocycles. The number of fused-ring (bicyclic) bond motifs is 1. The summed E-state index contributed by atoms with van der Waals surface area (Å²) >= 11 is 4.94. The summed E-state index contributed by atoms with van der Waals surface area (Å²) in [4.78, 5) is 36.5. The smallest absolute Gasteiger partial charge is 0.336 e. The van der Waals surface area contributed by atoms with E-state index in [4.69, 9.17) is 36.8 Å². The molecule has 4 rings (SSSR count). The third-order valence-electron chi connectivity index (χ3n) is 10.6. The van der Waals surface area contributed by atoms with Gasteiger partial charge in [0.1, 0.15) is 5.75 Å². The number of dihydropyridines is 1. The van der Waals surface area contributed by atoms with Gasteiger partial charge in [-0.2, -0.15) is 0 Å². The molecule has 0 radical (unpaired) electrons. The minimum Gasteiger partial charge on any atom is -0.491 e. The summed E-state index contributed by atoms with van der Waals surface area (Å²) in [5.74, 6) is 0.173. The molecule has 0 aliphatic carbocycles. The van der Waals surface area contributed by atoms with Crippen molar-refractivity contribution in [2.75, 3.05) is 14.2 Å². The number of aryl methyl sites for hydroxylation is 1. The highest BCUT2D eigenvalue weighted by Crippen LogP contribution is 2.51. The van der Waals surface area contributed by atoms with Gasteiger partial charge in [0.15, 0.2) is 0 Å². The van der Waals surface area contributed by atoms with Gasteiger partial charge in [-0.15, -0.1) is 12.6 Å². The number of benzene rings is 2. The minimum atomic E-state index is -1.31. The average Bonchev–Trinajstić information content (AvgIpc) is 3.46. The predicted molar refractivity (Wildman–Crippen MR) is 215 cm³/mol. The van der Waals surface area contributed by atoms with Crippen molar-refractivity contribution in [1.82, 2.24) is 5.32 Å². The van der Waals surface area contributed by atoms with Crippen molar-refractivity contribution in [2.24, 2.45) is 15.9 Å². The number of unbranched alkanes of at least 4 members (excludes halogenated alkanes) is 8. The number of esters is 2. The molecule has 0 saturated heterocycles. The summed E-state index contributed by atoms with van der Waals surface area (Å²) in [6.45, 7) is 12.3. The molecule has 53 heavy (non-hydrogen) atoms. The van der Waals surface area contributed by atoms with Crippen LogP contribution in [0.5, 0.6) is 5.75 Å². The number of methoxy groups -OCH3 is 2. The summed E-state index contributed by atoms with van der Waals surface area (Å²) in [6.07, 6.45) is 16.0. The average molecular weight is 746 g/mol. The van der Waals surface area contributed by atoms with E-state index < -0.39 is 22.3 Å². The van der Waals surface area contributed by atoms with Crippen LogP contribution in [-0.4, -0.2) is 37.3 Å². The van der Waals surface area contributed by atoms with Gasteiger partial charge in [0, 0.05) is 23.4 Å². The number of allylic oxidation sites excluding steroid dienone is 1. The highest BCUT2D eigenvalue weighted by molar-refractivity contribution is 7.81. The Morgan fingerprint density at radius 1 is 0.792 bits per heavy atom. The summed E-state index contributed by atoms with van der Waals surface area (Å²) in [6, 6.07) is 13.6. The van der Waals surface area contributed by atoms with E-state index >= 15 is 0 Å². The first kappa shape index (κ1) is 42.2. The number of ether oxygens (including phenoxy) is 3. The van der Waals surface area contributed by atoms with Crippen LogP contribution in [0.4, 0.5) is 0 Å². The fourth-order valence-electron chi connectivity index (χ4n) is 8.09. The fourth-order valence-corrected chi connectivity index (χ4v) is 8.46. The highest BCUT2D eigenvalue weighted by atomic mass is 32.1. The number of hydrogen-bond donors (Lipinski definition) is 2. The normalized spacial score (nSPS) is 18.2. The van der Waals surface area contributed by atoms with Gasteiger partial charge in [0.05, 0.1) is 47.6 Å². The molecule has 9 heteroatoms. The maximum Gasteiger partial charge on any atom is 0.336 e. The maximum atomic E-state index is 14.2. The van der Waals surface area contributed by atoms with Crippen molar-refractivity contribution < 1.29 is 23.8 Å². The Morgan fingerprint density at radius 3 is 1.94 bits per heavy atom. The molecular weight excluding hydrogens is 683 g/mol.